The average molecular weight is 295 g/mol. The molecule has 3 rings (SSSR count). The van der Waals surface area contributed by atoms with E-state index in [4.69, 9.17) is 4.74 Å². The minimum absolute atomic E-state index is 0.139. The van der Waals surface area contributed by atoms with Crippen LogP contribution in [-0.2, 0) is 22.6 Å². The van der Waals surface area contributed by atoms with E-state index >= 15 is 0 Å². The number of ether oxygens (including phenoxy) is 1. The van der Waals surface area contributed by atoms with Gasteiger partial charge in [0.1, 0.15) is 12.6 Å². The van der Waals surface area contributed by atoms with Gasteiger partial charge >= 0.3 is 5.97 Å². The summed E-state index contributed by atoms with van der Waals surface area (Å²) in [5.41, 5.74) is 2.35. The molecule has 0 aliphatic carbocycles. The van der Waals surface area contributed by atoms with Gasteiger partial charge in [-0.3, -0.25) is 4.79 Å². The Morgan fingerprint density at radius 2 is 1.64 bits per heavy atom. The topological polar surface area (TPSA) is 38.3 Å². The SMILES string of the molecule is O=C(OCc1ccccc1)[C@H]1C[C@H](Cc2ccccc2)CN1. The van der Waals surface area contributed by atoms with Gasteiger partial charge in [0.15, 0.2) is 0 Å². The van der Waals surface area contributed by atoms with E-state index in [1.165, 1.54) is 5.56 Å². The molecule has 0 spiro atoms. The van der Waals surface area contributed by atoms with Gasteiger partial charge in [0.25, 0.3) is 0 Å². The summed E-state index contributed by atoms with van der Waals surface area (Å²) in [5.74, 6) is 0.357. The van der Waals surface area contributed by atoms with Crippen molar-refractivity contribution < 1.29 is 9.53 Å². The molecule has 114 valence electrons. The molecule has 2 aromatic carbocycles. The summed E-state index contributed by atoms with van der Waals surface area (Å²) in [5, 5.41) is 3.29. The summed E-state index contributed by atoms with van der Waals surface area (Å²) in [6, 6.07) is 20.0. The maximum Gasteiger partial charge on any atom is 0.323 e. The number of hydrogen-bond acceptors (Lipinski definition) is 3. The Morgan fingerprint density at radius 1 is 1.00 bits per heavy atom. The van der Waals surface area contributed by atoms with Crippen LogP contribution in [0.15, 0.2) is 60.7 Å². The Morgan fingerprint density at radius 3 is 2.32 bits per heavy atom. The molecule has 3 nitrogen and oxygen atoms in total. The first kappa shape index (κ1) is 14.8. The number of carbonyl (C=O) groups excluding carboxylic acids is 1. The van der Waals surface area contributed by atoms with E-state index < -0.39 is 0 Å². The van der Waals surface area contributed by atoms with Gasteiger partial charge in [-0.05, 0) is 36.4 Å². The summed E-state index contributed by atoms with van der Waals surface area (Å²) in [6.45, 7) is 1.22. The number of hydrogen-bond donors (Lipinski definition) is 1. The Kier molecular flexibility index (Phi) is 4.86. The fourth-order valence-corrected chi connectivity index (χ4v) is 2.92. The zero-order valence-corrected chi connectivity index (χ0v) is 12.6. The Hall–Kier alpha value is -2.13. The first-order chi connectivity index (χ1) is 10.8. The zero-order valence-electron chi connectivity index (χ0n) is 12.6. The van der Waals surface area contributed by atoms with Crippen LogP contribution in [0.5, 0.6) is 0 Å². The van der Waals surface area contributed by atoms with Crippen LogP contribution in [0.3, 0.4) is 0 Å². The molecule has 22 heavy (non-hydrogen) atoms. The van der Waals surface area contributed by atoms with Crippen LogP contribution in [0.25, 0.3) is 0 Å². The summed E-state index contributed by atoms with van der Waals surface area (Å²) >= 11 is 0. The molecule has 2 aromatic rings. The van der Waals surface area contributed by atoms with Crippen molar-refractivity contribution >= 4 is 5.97 Å². The molecule has 2 atom stereocenters. The lowest BCUT2D eigenvalue weighted by atomic mass is 9.97. The maximum atomic E-state index is 12.1. The second-order valence-corrected chi connectivity index (χ2v) is 5.85. The average Bonchev–Trinajstić information content (AvgIpc) is 3.03. The van der Waals surface area contributed by atoms with Gasteiger partial charge < -0.3 is 10.1 Å². The van der Waals surface area contributed by atoms with Crippen molar-refractivity contribution in [3.8, 4) is 0 Å². The molecule has 1 heterocycles. The lowest BCUT2D eigenvalue weighted by molar-refractivity contribution is -0.147. The zero-order chi connectivity index (χ0) is 15.2. The van der Waals surface area contributed by atoms with Crippen molar-refractivity contribution in [3.05, 3.63) is 71.8 Å². The smallest absolute Gasteiger partial charge is 0.323 e. The fourth-order valence-electron chi connectivity index (χ4n) is 2.92. The molecule has 0 saturated carbocycles. The third kappa shape index (κ3) is 3.95. The van der Waals surface area contributed by atoms with E-state index in [1.807, 2.05) is 36.4 Å². The molecule has 1 saturated heterocycles. The lowest BCUT2D eigenvalue weighted by Gasteiger charge is -2.11. The lowest BCUT2D eigenvalue weighted by Crippen LogP contribution is -2.32. The third-order valence-electron chi connectivity index (χ3n) is 4.10. The summed E-state index contributed by atoms with van der Waals surface area (Å²) in [4.78, 5) is 12.1. The monoisotopic (exact) mass is 295 g/mol. The fraction of sp³-hybridized carbons (Fsp3) is 0.316. The minimum atomic E-state index is -0.169. The minimum Gasteiger partial charge on any atom is -0.460 e. The molecule has 1 fully saturated rings. The molecule has 0 radical (unpaired) electrons. The highest BCUT2D eigenvalue weighted by Crippen LogP contribution is 2.20. The molecule has 1 aliphatic rings. The molecule has 0 unspecified atom stereocenters. The first-order valence-corrected chi connectivity index (χ1v) is 7.79. The quantitative estimate of drug-likeness (QED) is 0.862. The number of nitrogens with one attached hydrogen (secondary N) is 1. The highest BCUT2D eigenvalue weighted by Gasteiger charge is 2.30. The van der Waals surface area contributed by atoms with Crippen LogP contribution < -0.4 is 5.32 Å². The Balaban J connectivity index is 1.46. The summed E-state index contributed by atoms with van der Waals surface area (Å²) in [7, 11) is 0. The standard InChI is InChI=1S/C19H21NO2/c21-19(22-14-16-9-5-2-6-10-16)18-12-17(13-20-18)11-15-7-3-1-4-8-15/h1-10,17-18,20H,11-14H2/t17-,18+/m0/s1. The third-order valence-corrected chi connectivity index (χ3v) is 4.10. The van der Waals surface area contributed by atoms with Crippen molar-refractivity contribution in [3.63, 3.8) is 0 Å². The van der Waals surface area contributed by atoms with E-state index in [0.717, 1.165) is 24.9 Å². The van der Waals surface area contributed by atoms with Crippen molar-refractivity contribution in [1.82, 2.24) is 5.32 Å². The highest BCUT2D eigenvalue weighted by atomic mass is 16.5. The molecule has 1 aliphatic heterocycles. The highest BCUT2D eigenvalue weighted by molar-refractivity contribution is 5.76. The molecular formula is C19H21NO2. The van der Waals surface area contributed by atoms with Crippen molar-refractivity contribution in [2.45, 2.75) is 25.5 Å². The molecule has 0 amide bonds. The van der Waals surface area contributed by atoms with Crippen molar-refractivity contribution in [2.75, 3.05) is 6.54 Å². The maximum absolute atomic E-state index is 12.1. The summed E-state index contributed by atoms with van der Waals surface area (Å²) < 4.78 is 5.41. The second-order valence-electron chi connectivity index (χ2n) is 5.85. The first-order valence-electron chi connectivity index (χ1n) is 7.79. The van der Waals surface area contributed by atoms with Gasteiger partial charge in [-0.15, -0.1) is 0 Å². The molecule has 0 bridgehead atoms. The number of esters is 1. The van der Waals surface area contributed by atoms with Crippen LogP contribution >= 0.6 is 0 Å². The summed E-state index contributed by atoms with van der Waals surface area (Å²) in [6.07, 6.45) is 1.86. The number of benzene rings is 2. The normalized spacial score (nSPS) is 20.7. The van der Waals surface area contributed by atoms with E-state index in [2.05, 4.69) is 29.6 Å². The van der Waals surface area contributed by atoms with E-state index in [1.54, 1.807) is 0 Å². The predicted octanol–water partition coefficient (Wildman–Crippen LogP) is 2.95. The molecule has 1 N–H and O–H groups in total. The second kappa shape index (κ2) is 7.23. The number of carbonyl (C=O) groups is 1. The van der Waals surface area contributed by atoms with Gasteiger partial charge in [-0.25, -0.2) is 0 Å². The van der Waals surface area contributed by atoms with Crippen LogP contribution in [0.1, 0.15) is 17.5 Å². The van der Waals surface area contributed by atoms with Gasteiger partial charge in [0.2, 0.25) is 0 Å². The van der Waals surface area contributed by atoms with Crippen molar-refractivity contribution in [2.24, 2.45) is 5.92 Å². The Bertz CT molecular complexity index is 597. The van der Waals surface area contributed by atoms with Gasteiger partial charge in [0.05, 0.1) is 0 Å². The molecule has 0 aromatic heterocycles. The Labute approximate surface area is 131 Å². The van der Waals surface area contributed by atoms with Gasteiger partial charge in [-0.2, -0.15) is 0 Å². The predicted molar refractivity (Wildman–Crippen MR) is 86.3 cm³/mol. The number of rotatable bonds is 5. The van der Waals surface area contributed by atoms with E-state index in [-0.39, 0.29) is 12.0 Å². The molecular weight excluding hydrogens is 274 g/mol. The van der Waals surface area contributed by atoms with Crippen molar-refractivity contribution in [1.29, 1.82) is 0 Å². The van der Waals surface area contributed by atoms with Crippen LogP contribution in [0.2, 0.25) is 0 Å². The van der Waals surface area contributed by atoms with E-state index in [9.17, 15) is 4.79 Å². The van der Waals surface area contributed by atoms with Gasteiger partial charge in [0, 0.05) is 0 Å². The molecule has 3 heteroatoms. The largest absolute Gasteiger partial charge is 0.460 e. The van der Waals surface area contributed by atoms with E-state index in [0.29, 0.717) is 12.5 Å². The van der Waals surface area contributed by atoms with Crippen LogP contribution in [-0.4, -0.2) is 18.6 Å². The van der Waals surface area contributed by atoms with Crippen LogP contribution in [0, 0.1) is 5.92 Å². The van der Waals surface area contributed by atoms with Crippen LogP contribution in [0.4, 0.5) is 0 Å². The van der Waals surface area contributed by atoms with Gasteiger partial charge in [-0.1, -0.05) is 60.7 Å².